The lowest BCUT2D eigenvalue weighted by Crippen LogP contribution is -2.27. The van der Waals surface area contributed by atoms with Gasteiger partial charge in [-0.1, -0.05) is 44.2 Å². The van der Waals surface area contributed by atoms with Gasteiger partial charge in [0, 0.05) is 18.8 Å². The molecule has 0 aliphatic carbocycles. The molecular weight excluding hydrogens is 511 g/mol. The number of guanidine groups is 1. The number of hydrogen-bond acceptors (Lipinski definition) is 3. The number of nitrogens with one attached hydrogen (secondary N) is 1. The van der Waals surface area contributed by atoms with Gasteiger partial charge in [0.15, 0.2) is 5.96 Å². The maximum atomic E-state index is 12.6. The molecule has 1 aliphatic heterocycles. The van der Waals surface area contributed by atoms with Gasteiger partial charge in [0.25, 0.3) is 0 Å². The zero-order valence-corrected chi connectivity index (χ0v) is 20.7. The van der Waals surface area contributed by atoms with Crippen LogP contribution in [0.1, 0.15) is 43.4 Å². The number of sulfonamides is 1. The molecule has 3 rings (SSSR count). The van der Waals surface area contributed by atoms with E-state index in [-0.39, 0.29) is 24.0 Å². The molecule has 0 radical (unpaired) electrons. The number of aryl methyl sites for hydroxylation is 2. The van der Waals surface area contributed by atoms with Crippen molar-refractivity contribution >= 4 is 45.6 Å². The van der Waals surface area contributed by atoms with Crippen molar-refractivity contribution in [3.63, 3.8) is 0 Å². The van der Waals surface area contributed by atoms with Gasteiger partial charge in [-0.2, -0.15) is 4.31 Å². The Balaban J connectivity index is 0.00000320. The molecule has 0 aromatic heterocycles. The minimum absolute atomic E-state index is 0. The summed E-state index contributed by atoms with van der Waals surface area (Å²) in [5.41, 5.74) is 10.5. The van der Waals surface area contributed by atoms with Crippen molar-refractivity contribution < 1.29 is 8.42 Å². The number of nitrogens with zero attached hydrogens (tertiary/aromatic N) is 2. The van der Waals surface area contributed by atoms with Crippen LogP contribution in [0.5, 0.6) is 0 Å². The molecule has 0 saturated carbocycles. The summed E-state index contributed by atoms with van der Waals surface area (Å²) in [5.74, 6) is 0.356. The van der Waals surface area contributed by atoms with E-state index in [2.05, 4.69) is 42.4 Å². The van der Waals surface area contributed by atoms with Gasteiger partial charge in [0.2, 0.25) is 10.0 Å². The number of anilines is 1. The molecule has 0 atom stereocenters. The molecule has 0 unspecified atom stereocenters. The molecule has 30 heavy (non-hydrogen) atoms. The van der Waals surface area contributed by atoms with Crippen LogP contribution in [0, 0.1) is 0 Å². The standard InChI is InChI=1S/C22H30N4O2S.HI/c1-3-18-8-7-9-19(4-2)21(18)25-22(23)24-16-17-10-12-20(13-11-17)29(27,28)26-14-5-6-15-26;/h7-13H,3-6,14-16H2,1-2H3,(H3,23,24,25);1H. The summed E-state index contributed by atoms with van der Waals surface area (Å²) < 4.78 is 26.8. The second-order valence-electron chi connectivity index (χ2n) is 7.24. The number of para-hydroxylation sites is 1. The molecule has 2 aromatic rings. The summed E-state index contributed by atoms with van der Waals surface area (Å²) in [6, 6.07) is 13.2. The van der Waals surface area contributed by atoms with Crippen molar-refractivity contribution in [2.24, 2.45) is 10.7 Å². The van der Waals surface area contributed by atoms with Crippen molar-refractivity contribution in [1.29, 1.82) is 0 Å². The molecule has 2 aromatic carbocycles. The molecule has 1 fully saturated rings. The lowest BCUT2D eigenvalue weighted by molar-refractivity contribution is 0.477. The second-order valence-corrected chi connectivity index (χ2v) is 9.18. The van der Waals surface area contributed by atoms with Crippen LogP contribution in [-0.4, -0.2) is 31.8 Å². The normalized spacial score (nSPS) is 15.1. The van der Waals surface area contributed by atoms with Gasteiger partial charge in [0.05, 0.1) is 11.4 Å². The maximum Gasteiger partial charge on any atom is 0.243 e. The third-order valence-electron chi connectivity index (χ3n) is 5.31. The Kier molecular flexibility index (Phi) is 9.11. The third kappa shape index (κ3) is 5.73. The van der Waals surface area contributed by atoms with E-state index in [1.54, 1.807) is 28.6 Å². The van der Waals surface area contributed by atoms with Gasteiger partial charge in [-0.25, -0.2) is 13.4 Å². The fraction of sp³-hybridized carbons (Fsp3) is 0.409. The predicted octanol–water partition coefficient (Wildman–Crippen LogP) is 4.14. The monoisotopic (exact) mass is 542 g/mol. The van der Waals surface area contributed by atoms with Crippen LogP contribution in [0.25, 0.3) is 0 Å². The van der Waals surface area contributed by atoms with Crippen LogP contribution in [0.3, 0.4) is 0 Å². The van der Waals surface area contributed by atoms with E-state index in [9.17, 15) is 8.42 Å². The first kappa shape index (κ1) is 24.6. The summed E-state index contributed by atoms with van der Waals surface area (Å²) in [6.45, 7) is 5.83. The van der Waals surface area contributed by atoms with Gasteiger partial charge in [-0.05, 0) is 54.5 Å². The van der Waals surface area contributed by atoms with E-state index < -0.39 is 10.0 Å². The highest BCUT2D eigenvalue weighted by Gasteiger charge is 2.26. The van der Waals surface area contributed by atoms with Crippen LogP contribution in [0.2, 0.25) is 0 Å². The molecule has 3 N–H and O–H groups in total. The Morgan fingerprint density at radius 2 is 1.60 bits per heavy atom. The van der Waals surface area contributed by atoms with Crippen molar-refractivity contribution in [2.45, 2.75) is 51.0 Å². The highest BCUT2D eigenvalue weighted by Crippen LogP contribution is 2.23. The van der Waals surface area contributed by atoms with Crippen molar-refractivity contribution in [1.82, 2.24) is 4.31 Å². The number of halogens is 1. The molecular formula is C22H31IN4O2S. The highest BCUT2D eigenvalue weighted by atomic mass is 127. The lowest BCUT2D eigenvalue weighted by Gasteiger charge is -2.16. The first-order chi connectivity index (χ1) is 14.0. The minimum atomic E-state index is -3.38. The van der Waals surface area contributed by atoms with Crippen molar-refractivity contribution in [3.05, 3.63) is 59.2 Å². The van der Waals surface area contributed by atoms with E-state index in [1.807, 2.05) is 0 Å². The maximum absolute atomic E-state index is 12.6. The average Bonchev–Trinajstić information content (AvgIpc) is 3.28. The van der Waals surface area contributed by atoms with Crippen LogP contribution < -0.4 is 11.1 Å². The Morgan fingerprint density at radius 3 is 2.13 bits per heavy atom. The fourth-order valence-corrected chi connectivity index (χ4v) is 5.11. The topological polar surface area (TPSA) is 87.8 Å². The molecule has 1 saturated heterocycles. The molecule has 1 heterocycles. The molecule has 0 bridgehead atoms. The average molecular weight is 542 g/mol. The van der Waals surface area contributed by atoms with E-state index in [4.69, 9.17) is 5.73 Å². The Labute approximate surface area is 197 Å². The van der Waals surface area contributed by atoms with Crippen LogP contribution in [0.4, 0.5) is 5.69 Å². The number of nitrogens with two attached hydrogens (primary N) is 1. The van der Waals surface area contributed by atoms with E-state index in [0.29, 0.717) is 30.5 Å². The number of rotatable bonds is 7. The quantitative estimate of drug-likeness (QED) is 0.313. The zero-order chi connectivity index (χ0) is 20.9. The van der Waals surface area contributed by atoms with Gasteiger partial charge >= 0.3 is 0 Å². The van der Waals surface area contributed by atoms with E-state index >= 15 is 0 Å². The molecule has 8 heteroatoms. The van der Waals surface area contributed by atoms with Crippen LogP contribution >= 0.6 is 24.0 Å². The van der Waals surface area contributed by atoms with Crippen LogP contribution in [-0.2, 0) is 29.4 Å². The third-order valence-corrected chi connectivity index (χ3v) is 7.22. The van der Waals surface area contributed by atoms with Gasteiger partial charge in [-0.3, -0.25) is 0 Å². The molecule has 1 aliphatic rings. The van der Waals surface area contributed by atoms with Crippen molar-refractivity contribution in [3.8, 4) is 0 Å². The summed E-state index contributed by atoms with van der Waals surface area (Å²) >= 11 is 0. The first-order valence-electron chi connectivity index (χ1n) is 10.2. The first-order valence-corrected chi connectivity index (χ1v) is 11.7. The van der Waals surface area contributed by atoms with Gasteiger partial charge in [-0.15, -0.1) is 24.0 Å². The summed E-state index contributed by atoms with van der Waals surface area (Å²) in [6.07, 6.45) is 3.69. The minimum Gasteiger partial charge on any atom is -0.370 e. The Bertz CT molecular complexity index is 947. The zero-order valence-electron chi connectivity index (χ0n) is 17.6. The molecule has 164 valence electrons. The molecule has 0 spiro atoms. The number of aliphatic imine (C=N–C) groups is 1. The van der Waals surface area contributed by atoms with Crippen molar-refractivity contribution in [2.75, 3.05) is 18.4 Å². The number of hydrogen-bond donors (Lipinski definition) is 2. The summed E-state index contributed by atoms with van der Waals surface area (Å²) in [5, 5.41) is 3.25. The number of benzene rings is 2. The Hall–Kier alpha value is -1.65. The summed E-state index contributed by atoms with van der Waals surface area (Å²) in [7, 11) is -3.38. The van der Waals surface area contributed by atoms with E-state index in [1.165, 1.54) is 11.1 Å². The van der Waals surface area contributed by atoms with Gasteiger partial charge in [0.1, 0.15) is 0 Å². The van der Waals surface area contributed by atoms with Crippen LogP contribution in [0.15, 0.2) is 52.4 Å². The smallest absolute Gasteiger partial charge is 0.243 e. The fourth-order valence-electron chi connectivity index (χ4n) is 3.59. The summed E-state index contributed by atoms with van der Waals surface area (Å²) in [4.78, 5) is 4.77. The lowest BCUT2D eigenvalue weighted by atomic mass is 10.0. The highest BCUT2D eigenvalue weighted by molar-refractivity contribution is 14.0. The molecule has 6 nitrogen and oxygen atoms in total. The predicted molar refractivity (Wildman–Crippen MR) is 134 cm³/mol. The SMILES string of the molecule is CCc1cccc(CC)c1NC(N)=NCc1ccc(S(=O)(=O)N2CCCC2)cc1.I. The Morgan fingerprint density at radius 1 is 1.03 bits per heavy atom. The second kappa shape index (κ2) is 11.1. The molecule has 0 amide bonds. The largest absolute Gasteiger partial charge is 0.370 e. The van der Waals surface area contributed by atoms with Gasteiger partial charge < -0.3 is 11.1 Å². The van der Waals surface area contributed by atoms with E-state index in [0.717, 1.165) is 36.9 Å².